The summed E-state index contributed by atoms with van der Waals surface area (Å²) in [5, 5.41) is 1.44. The molecule has 0 aliphatic heterocycles. The fourth-order valence-electron chi connectivity index (χ4n) is 1.02. The summed E-state index contributed by atoms with van der Waals surface area (Å²) in [6.45, 7) is 0. The van der Waals surface area contributed by atoms with Crippen molar-refractivity contribution in [2.75, 3.05) is 11.2 Å². The van der Waals surface area contributed by atoms with Gasteiger partial charge in [0.05, 0.1) is 0 Å². The normalized spacial score (nSPS) is 10.1. The first-order valence-electron chi connectivity index (χ1n) is 4.33. The van der Waals surface area contributed by atoms with Gasteiger partial charge in [0.1, 0.15) is 22.2 Å². The van der Waals surface area contributed by atoms with Gasteiger partial charge in [0.15, 0.2) is 0 Å². The van der Waals surface area contributed by atoms with E-state index in [0.717, 1.165) is 5.03 Å². The Hall–Kier alpha value is -1.93. The Labute approximate surface area is 95.7 Å². The second kappa shape index (κ2) is 4.73. The average molecular weight is 235 g/mol. The molecule has 8 heteroatoms. The molecule has 0 atom stereocenters. The number of nitrogen functional groups attached to an aromatic ring is 2. The number of hydrogen-bond acceptors (Lipinski definition) is 8. The van der Waals surface area contributed by atoms with E-state index in [1.165, 1.54) is 18.1 Å². The van der Waals surface area contributed by atoms with Crippen LogP contribution in [0.25, 0.3) is 0 Å². The molecule has 16 heavy (non-hydrogen) atoms. The molecular weight excluding hydrogens is 226 g/mol. The van der Waals surface area contributed by atoms with Crippen molar-refractivity contribution in [2.45, 2.75) is 10.1 Å². The van der Waals surface area contributed by atoms with Crippen molar-refractivity contribution in [3.05, 3.63) is 24.7 Å². The van der Waals surface area contributed by atoms with E-state index in [4.69, 9.17) is 11.6 Å². The second-order valence-corrected chi connectivity index (χ2v) is 3.78. The standard InChI is InChI=1S/C8H9N7S/c9-8-13-5(15-10)3-7(14-8)16-6-1-2-11-4-12-6/h1-4H,10H2,(H3,9,13,14,15). The molecule has 82 valence electrons. The molecule has 7 nitrogen and oxygen atoms in total. The zero-order chi connectivity index (χ0) is 11.4. The third kappa shape index (κ3) is 2.55. The molecule has 0 fully saturated rings. The van der Waals surface area contributed by atoms with Gasteiger partial charge in [-0.05, 0) is 17.8 Å². The molecule has 2 rings (SSSR count). The molecule has 2 aromatic rings. The van der Waals surface area contributed by atoms with Crippen LogP contribution in [0.3, 0.4) is 0 Å². The van der Waals surface area contributed by atoms with Crippen molar-refractivity contribution >= 4 is 23.5 Å². The Bertz CT molecular complexity index is 475. The molecule has 2 heterocycles. The lowest BCUT2D eigenvalue weighted by Gasteiger charge is -2.03. The molecule has 0 aliphatic carbocycles. The summed E-state index contributed by atoms with van der Waals surface area (Å²) in [5.74, 6) is 5.87. The van der Waals surface area contributed by atoms with Gasteiger partial charge in [-0.2, -0.15) is 4.98 Å². The van der Waals surface area contributed by atoms with Gasteiger partial charge < -0.3 is 11.2 Å². The van der Waals surface area contributed by atoms with Crippen LogP contribution in [0.2, 0.25) is 0 Å². The molecule has 5 N–H and O–H groups in total. The highest BCUT2D eigenvalue weighted by Gasteiger charge is 2.04. The number of nitrogens with one attached hydrogen (secondary N) is 1. The third-order valence-corrected chi connectivity index (χ3v) is 2.50. The first-order chi connectivity index (χ1) is 7.78. The summed E-state index contributed by atoms with van der Waals surface area (Å²) in [5.41, 5.74) is 7.94. The lowest BCUT2D eigenvalue weighted by Crippen LogP contribution is -2.10. The molecule has 0 aromatic carbocycles. The van der Waals surface area contributed by atoms with Crippen LogP contribution in [-0.4, -0.2) is 19.9 Å². The monoisotopic (exact) mass is 235 g/mol. The molecular formula is C8H9N7S. The Morgan fingerprint density at radius 3 is 2.81 bits per heavy atom. The van der Waals surface area contributed by atoms with E-state index in [-0.39, 0.29) is 5.95 Å². The van der Waals surface area contributed by atoms with Gasteiger partial charge in [0, 0.05) is 12.3 Å². The van der Waals surface area contributed by atoms with E-state index in [1.807, 2.05) is 0 Å². The van der Waals surface area contributed by atoms with Crippen LogP contribution in [0.1, 0.15) is 0 Å². The molecule has 0 bridgehead atoms. The molecule has 0 saturated carbocycles. The second-order valence-electron chi connectivity index (χ2n) is 2.74. The topological polar surface area (TPSA) is 116 Å². The predicted octanol–water partition coefficient (Wildman–Crippen LogP) is 0.286. The van der Waals surface area contributed by atoms with Crippen LogP contribution >= 0.6 is 11.8 Å². The molecule has 0 amide bonds. The van der Waals surface area contributed by atoms with Crippen LogP contribution in [0, 0.1) is 0 Å². The minimum absolute atomic E-state index is 0.159. The number of hydrogen-bond donors (Lipinski definition) is 3. The van der Waals surface area contributed by atoms with E-state index >= 15 is 0 Å². The first-order valence-corrected chi connectivity index (χ1v) is 5.14. The quantitative estimate of drug-likeness (QED) is 0.395. The Morgan fingerprint density at radius 1 is 1.25 bits per heavy atom. The molecule has 0 radical (unpaired) electrons. The maximum Gasteiger partial charge on any atom is 0.223 e. The van der Waals surface area contributed by atoms with Crippen LogP contribution in [0.5, 0.6) is 0 Å². The van der Waals surface area contributed by atoms with Gasteiger partial charge in [-0.3, -0.25) is 0 Å². The van der Waals surface area contributed by atoms with Crippen LogP contribution in [-0.2, 0) is 0 Å². The molecule has 2 aromatic heterocycles. The highest BCUT2D eigenvalue weighted by atomic mass is 32.2. The minimum Gasteiger partial charge on any atom is -0.368 e. The van der Waals surface area contributed by atoms with E-state index in [1.54, 1.807) is 18.3 Å². The minimum atomic E-state index is 0.159. The summed E-state index contributed by atoms with van der Waals surface area (Å²) in [4.78, 5) is 15.8. The highest BCUT2D eigenvalue weighted by Crippen LogP contribution is 2.25. The number of aromatic nitrogens is 4. The summed E-state index contributed by atoms with van der Waals surface area (Å²) >= 11 is 1.35. The van der Waals surface area contributed by atoms with Gasteiger partial charge in [-0.1, -0.05) is 0 Å². The maximum atomic E-state index is 5.52. The lowest BCUT2D eigenvalue weighted by molar-refractivity contribution is 1.02. The van der Waals surface area contributed by atoms with Gasteiger partial charge in [0.25, 0.3) is 0 Å². The summed E-state index contributed by atoms with van der Waals surface area (Å²) in [6.07, 6.45) is 3.12. The summed E-state index contributed by atoms with van der Waals surface area (Å²) in [7, 11) is 0. The van der Waals surface area contributed by atoms with Crippen LogP contribution in [0.15, 0.2) is 34.7 Å². The van der Waals surface area contributed by atoms with Crippen molar-refractivity contribution < 1.29 is 0 Å². The zero-order valence-corrected chi connectivity index (χ0v) is 8.98. The number of rotatable bonds is 3. The lowest BCUT2D eigenvalue weighted by atomic mass is 10.6. The molecule has 0 unspecified atom stereocenters. The first kappa shape index (κ1) is 10.6. The van der Waals surface area contributed by atoms with Crippen molar-refractivity contribution in [1.29, 1.82) is 0 Å². The smallest absolute Gasteiger partial charge is 0.223 e. The molecule has 0 aliphatic rings. The van der Waals surface area contributed by atoms with Crippen LogP contribution < -0.4 is 17.0 Å². The van der Waals surface area contributed by atoms with E-state index in [0.29, 0.717) is 10.8 Å². The number of hydrazine groups is 1. The highest BCUT2D eigenvalue weighted by molar-refractivity contribution is 7.99. The fraction of sp³-hybridized carbons (Fsp3) is 0. The number of nitrogens with zero attached hydrogens (tertiary/aromatic N) is 4. The molecule has 0 saturated heterocycles. The largest absolute Gasteiger partial charge is 0.368 e. The predicted molar refractivity (Wildman–Crippen MR) is 60.4 cm³/mol. The van der Waals surface area contributed by atoms with Gasteiger partial charge in [-0.25, -0.2) is 20.8 Å². The third-order valence-electron chi connectivity index (χ3n) is 1.63. The Morgan fingerprint density at radius 2 is 2.12 bits per heavy atom. The average Bonchev–Trinajstić information content (AvgIpc) is 2.29. The van der Waals surface area contributed by atoms with E-state index in [9.17, 15) is 0 Å². The van der Waals surface area contributed by atoms with E-state index < -0.39 is 0 Å². The SMILES string of the molecule is NNc1cc(Sc2ccncn2)nc(N)n1. The van der Waals surface area contributed by atoms with Gasteiger partial charge in [-0.15, -0.1) is 0 Å². The maximum absolute atomic E-state index is 5.52. The Balaban J connectivity index is 2.24. The summed E-state index contributed by atoms with van der Waals surface area (Å²) in [6, 6.07) is 3.46. The van der Waals surface area contributed by atoms with Crippen molar-refractivity contribution in [3.63, 3.8) is 0 Å². The number of nitrogens with two attached hydrogens (primary N) is 2. The molecule has 0 spiro atoms. The Kier molecular flexibility index (Phi) is 3.13. The van der Waals surface area contributed by atoms with Crippen LogP contribution in [0.4, 0.5) is 11.8 Å². The van der Waals surface area contributed by atoms with Gasteiger partial charge >= 0.3 is 0 Å². The van der Waals surface area contributed by atoms with Crippen molar-refractivity contribution in [3.8, 4) is 0 Å². The fourth-order valence-corrected chi connectivity index (χ4v) is 1.77. The summed E-state index contributed by atoms with van der Waals surface area (Å²) < 4.78 is 0. The van der Waals surface area contributed by atoms with Crippen molar-refractivity contribution in [2.24, 2.45) is 5.84 Å². The van der Waals surface area contributed by atoms with Crippen molar-refractivity contribution in [1.82, 2.24) is 19.9 Å². The zero-order valence-electron chi connectivity index (χ0n) is 8.16. The van der Waals surface area contributed by atoms with Gasteiger partial charge in [0.2, 0.25) is 5.95 Å². The number of anilines is 2. The van der Waals surface area contributed by atoms with E-state index in [2.05, 4.69) is 25.4 Å².